The number of piperazine rings is 1. The molecule has 8 heteroatoms. The Kier molecular flexibility index (Phi) is 5.00. The molecule has 0 spiro atoms. The van der Waals surface area contributed by atoms with Crippen LogP contribution in [0.15, 0.2) is 54.9 Å². The van der Waals surface area contributed by atoms with Gasteiger partial charge in [0.1, 0.15) is 11.7 Å². The van der Waals surface area contributed by atoms with Crippen molar-refractivity contribution in [3.8, 4) is 5.69 Å². The van der Waals surface area contributed by atoms with Gasteiger partial charge in [-0.1, -0.05) is 29.8 Å². The summed E-state index contributed by atoms with van der Waals surface area (Å²) in [5.41, 5.74) is 5.49. The summed E-state index contributed by atoms with van der Waals surface area (Å²) in [6.07, 6.45) is 3.81. The van der Waals surface area contributed by atoms with Crippen molar-refractivity contribution in [3.63, 3.8) is 0 Å². The van der Waals surface area contributed by atoms with Gasteiger partial charge < -0.3 is 9.72 Å². The van der Waals surface area contributed by atoms with E-state index in [4.69, 9.17) is 21.7 Å². The first-order valence-electron chi connectivity index (χ1n) is 10.3. The maximum atomic E-state index is 13.0. The van der Waals surface area contributed by atoms with E-state index in [9.17, 15) is 4.79 Å². The number of aromatic nitrogens is 4. The summed E-state index contributed by atoms with van der Waals surface area (Å²) in [5, 5.41) is 8.43. The van der Waals surface area contributed by atoms with Gasteiger partial charge in [0.15, 0.2) is 0 Å². The van der Waals surface area contributed by atoms with Gasteiger partial charge in [-0.2, -0.15) is 5.10 Å². The van der Waals surface area contributed by atoms with Crippen molar-refractivity contribution in [3.05, 3.63) is 82.5 Å². The molecule has 1 saturated heterocycles. The van der Waals surface area contributed by atoms with Crippen LogP contribution in [0, 0.1) is 13.8 Å². The summed E-state index contributed by atoms with van der Waals surface area (Å²) >= 11 is 6.11. The van der Waals surface area contributed by atoms with E-state index in [1.54, 1.807) is 0 Å². The van der Waals surface area contributed by atoms with Crippen molar-refractivity contribution in [1.82, 2.24) is 29.4 Å². The number of imidazole rings is 1. The summed E-state index contributed by atoms with van der Waals surface area (Å²) < 4.78 is 3.83. The summed E-state index contributed by atoms with van der Waals surface area (Å²) in [4.78, 5) is 19.9. The number of benzene rings is 1. The average Bonchev–Trinajstić information content (AvgIpc) is 3.28. The van der Waals surface area contributed by atoms with E-state index in [0.717, 1.165) is 40.5 Å². The number of hydrogen-bond donors (Lipinski definition) is 1. The number of halogens is 1. The zero-order valence-electron chi connectivity index (χ0n) is 17.4. The van der Waals surface area contributed by atoms with Gasteiger partial charge in [-0.3, -0.25) is 9.69 Å². The minimum atomic E-state index is -0.417. The second kappa shape index (κ2) is 7.83. The summed E-state index contributed by atoms with van der Waals surface area (Å²) in [6.45, 7) is 5.90. The van der Waals surface area contributed by atoms with Crippen LogP contribution in [0.5, 0.6) is 0 Å². The molecule has 4 aromatic rings. The summed E-state index contributed by atoms with van der Waals surface area (Å²) in [5.74, 6) is -0.00290. The van der Waals surface area contributed by atoms with Crippen LogP contribution in [0.2, 0.25) is 5.02 Å². The van der Waals surface area contributed by atoms with E-state index in [-0.39, 0.29) is 5.91 Å². The monoisotopic (exact) mass is 434 g/mol. The maximum absolute atomic E-state index is 13.0. The van der Waals surface area contributed by atoms with Gasteiger partial charge in [-0.05, 0) is 38.1 Å². The molecule has 1 aliphatic rings. The Labute approximate surface area is 185 Å². The fourth-order valence-corrected chi connectivity index (χ4v) is 4.54. The molecule has 1 amide bonds. The van der Waals surface area contributed by atoms with Crippen LogP contribution in [-0.4, -0.2) is 43.1 Å². The van der Waals surface area contributed by atoms with Crippen LogP contribution in [0.25, 0.3) is 11.3 Å². The van der Waals surface area contributed by atoms with Gasteiger partial charge in [-0.25, -0.2) is 9.67 Å². The molecule has 1 fully saturated rings. The highest BCUT2D eigenvalue weighted by Gasteiger charge is 2.35. The molecule has 1 aromatic carbocycles. The largest absolute Gasteiger partial charge is 0.353 e. The van der Waals surface area contributed by atoms with Gasteiger partial charge >= 0.3 is 0 Å². The van der Waals surface area contributed by atoms with Crippen molar-refractivity contribution in [2.45, 2.75) is 26.4 Å². The fraction of sp³-hybridized carbons (Fsp3) is 0.261. The molecule has 0 saturated carbocycles. The quantitative estimate of drug-likeness (QED) is 0.534. The number of nitrogens with one attached hydrogen (secondary N) is 1. The number of nitrogens with zero attached hydrogens (tertiary/aromatic N) is 5. The topological polar surface area (TPSA) is 67.5 Å². The second-order valence-electron chi connectivity index (χ2n) is 7.84. The summed E-state index contributed by atoms with van der Waals surface area (Å²) in [7, 11) is 0. The Morgan fingerprint density at radius 2 is 1.94 bits per heavy atom. The molecular formula is C23H23ClN6O. The zero-order chi connectivity index (χ0) is 21.5. The first-order chi connectivity index (χ1) is 15.0. The van der Waals surface area contributed by atoms with Crippen LogP contribution in [0.4, 0.5) is 0 Å². The van der Waals surface area contributed by atoms with Gasteiger partial charge in [0.05, 0.1) is 22.1 Å². The molecule has 7 nitrogen and oxygen atoms in total. The highest BCUT2D eigenvalue weighted by molar-refractivity contribution is 6.30. The van der Waals surface area contributed by atoms with Crippen LogP contribution in [0.3, 0.4) is 0 Å². The summed E-state index contributed by atoms with van der Waals surface area (Å²) in [6, 6.07) is 13.3. The zero-order valence-corrected chi connectivity index (χ0v) is 18.2. The lowest BCUT2D eigenvalue weighted by molar-refractivity contribution is -0.129. The molecule has 3 aromatic heterocycles. The third-order valence-corrected chi connectivity index (χ3v) is 5.99. The maximum Gasteiger partial charge on any atom is 0.242 e. The Hall–Kier alpha value is -3.16. The lowest BCUT2D eigenvalue weighted by Gasteiger charge is -2.34. The minimum absolute atomic E-state index is 0.00290. The van der Waals surface area contributed by atoms with Gasteiger partial charge in [-0.15, -0.1) is 0 Å². The van der Waals surface area contributed by atoms with Crippen molar-refractivity contribution in [1.29, 1.82) is 0 Å². The van der Waals surface area contributed by atoms with Crippen LogP contribution in [-0.2, 0) is 11.3 Å². The molecular weight excluding hydrogens is 412 g/mol. The second-order valence-corrected chi connectivity index (χ2v) is 8.28. The predicted molar refractivity (Wildman–Crippen MR) is 119 cm³/mol. The minimum Gasteiger partial charge on any atom is -0.353 e. The molecule has 0 bridgehead atoms. The molecule has 1 atom stereocenters. The average molecular weight is 435 g/mol. The third-order valence-electron chi connectivity index (χ3n) is 5.76. The van der Waals surface area contributed by atoms with Gasteiger partial charge in [0.2, 0.25) is 5.91 Å². The molecule has 158 valence electrons. The molecule has 0 aliphatic carbocycles. The number of hydrogen-bond acceptors (Lipinski definition) is 4. The number of amides is 1. The highest BCUT2D eigenvalue weighted by Crippen LogP contribution is 2.31. The Balaban J connectivity index is 1.51. The first-order valence-corrected chi connectivity index (χ1v) is 10.7. The number of rotatable bonds is 4. The lowest BCUT2D eigenvalue weighted by Crippen LogP contribution is -2.49. The number of carbonyl (C=O) groups is 1. The standard InChI is InChI=1S/C23H23ClN6O/c1-15-21(16(2)30(27-15)19-6-4-3-5-7-19)22-23(31)25-10-11-28(22)13-18-14-29-12-17(24)8-9-20(29)26-18/h3-9,12,14,22H,10-11,13H2,1-2H3,(H,25,31). The molecule has 1 unspecified atom stereocenters. The smallest absolute Gasteiger partial charge is 0.242 e. The van der Waals surface area contributed by atoms with Crippen molar-refractivity contribution in [2.24, 2.45) is 0 Å². The SMILES string of the molecule is Cc1nn(-c2ccccc2)c(C)c1C1C(=O)NCCN1Cc1cn2cc(Cl)ccc2n1. The van der Waals surface area contributed by atoms with Crippen LogP contribution in [0.1, 0.15) is 28.7 Å². The Morgan fingerprint density at radius 1 is 1.13 bits per heavy atom. The normalized spacial score (nSPS) is 17.3. The van der Waals surface area contributed by atoms with E-state index in [1.807, 2.05) is 77.8 Å². The fourth-order valence-electron chi connectivity index (χ4n) is 4.37. The van der Waals surface area contributed by atoms with Crippen LogP contribution >= 0.6 is 11.6 Å². The van der Waals surface area contributed by atoms with Gasteiger partial charge in [0, 0.05) is 43.3 Å². The Bertz CT molecular complexity index is 1260. The van der Waals surface area contributed by atoms with Crippen LogP contribution < -0.4 is 5.32 Å². The number of aryl methyl sites for hydroxylation is 1. The van der Waals surface area contributed by atoms with E-state index >= 15 is 0 Å². The van der Waals surface area contributed by atoms with E-state index in [2.05, 4.69) is 10.2 Å². The number of pyridine rings is 1. The molecule has 0 radical (unpaired) electrons. The van der Waals surface area contributed by atoms with E-state index < -0.39 is 6.04 Å². The van der Waals surface area contributed by atoms with E-state index in [0.29, 0.717) is 18.1 Å². The van der Waals surface area contributed by atoms with Crippen molar-refractivity contribution in [2.75, 3.05) is 13.1 Å². The van der Waals surface area contributed by atoms with Gasteiger partial charge in [0.25, 0.3) is 0 Å². The van der Waals surface area contributed by atoms with Crippen molar-refractivity contribution >= 4 is 23.2 Å². The first kappa shape index (κ1) is 19.8. The van der Waals surface area contributed by atoms with Crippen molar-refractivity contribution < 1.29 is 4.79 Å². The third kappa shape index (κ3) is 3.60. The predicted octanol–water partition coefficient (Wildman–Crippen LogP) is 3.46. The molecule has 4 heterocycles. The molecule has 1 N–H and O–H groups in total. The number of fused-ring (bicyclic) bond motifs is 1. The Morgan fingerprint density at radius 3 is 2.74 bits per heavy atom. The number of carbonyl (C=O) groups excluding carboxylic acids is 1. The highest BCUT2D eigenvalue weighted by atomic mass is 35.5. The molecule has 1 aliphatic heterocycles. The lowest BCUT2D eigenvalue weighted by atomic mass is 10.00. The molecule has 5 rings (SSSR count). The molecule has 31 heavy (non-hydrogen) atoms. The number of para-hydroxylation sites is 1. The van der Waals surface area contributed by atoms with E-state index in [1.165, 1.54) is 0 Å².